The fraction of sp³-hybridized carbons (Fsp3) is 0.586. The van der Waals surface area contributed by atoms with E-state index >= 15 is 0 Å². The molecule has 2 saturated carbocycles. The number of carbonyl (C=O) groups is 2. The smallest absolute Gasteiger partial charge is 0.168 e. The minimum atomic E-state index is -0.719. The molecule has 0 saturated heterocycles. The summed E-state index contributed by atoms with van der Waals surface area (Å²) in [7, 11) is 4.87. The minimum Gasteiger partial charge on any atom is -0.508 e. The number of aliphatic hydroxyl groups is 4. The zero-order chi connectivity index (χ0) is 50.3. The molecule has 4 heterocycles. The van der Waals surface area contributed by atoms with Gasteiger partial charge >= 0.3 is 0 Å². The van der Waals surface area contributed by atoms with Crippen molar-refractivity contribution in [1.82, 2.24) is 5.32 Å². The quantitative estimate of drug-likeness (QED) is 0.0737. The Kier molecular flexibility index (Phi) is 15.9. The maximum absolute atomic E-state index is 14.8. The summed E-state index contributed by atoms with van der Waals surface area (Å²) in [5.41, 5.74) is 7.30. The Labute approximate surface area is 431 Å². The molecule has 14 heteroatoms. The van der Waals surface area contributed by atoms with E-state index in [4.69, 9.17) is 9.47 Å². The SMILES string of the molecule is COc1c(O)ccc2c1-c1ccc3ccc(O)cc3c1CSSC1CCC(CC1O)C(OC1NC(CCC3(O)CCCCC3)CCC3c4c1cc(CO)c1c4C(CCC(C(C)=O)N1)CC3CO)CC(=O)CC2. The number of hydrogen-bond donors (Lipinski definition) is 8. The molecule has 2 bridgehead atoms. The summed E-state index contributed by atoms with van der Waals surface area (Å²) in [5, 5.41) is 77.5. The van der Waals surface area contributed by atoms with E-state index in [-0.39, 0.29) is 90.1 Å². The van der Waals surface area contributed by atoms with Crippen LogP contribution in [0.4, 0.5) is 5.69 Å². The predicted molar refractivity (Wildman–Crippen MR) is 285 cm³/mol. The molecule has 4 aliphatic heterocycles. The van der Waals surface area contributed by atoms with Crippen molar-refractivity contribution in [1.29, 1.82) is 0 Å². The van der Waals surface area contributed by atoms with Gasteiger partial charge in [0.15, 0.2) is 17.3 Å². The fourth-order valence-corrected chi connectivity index (χ4v) is 16.7. The molecule has 0 spiro atoms. The Morgan fingerprint density at radius 2 is 1.74 bits per heavy atom. The van der Waals surface area contributed by atoms with E-state index in [1.54, 1.807) is 46.7 Å². The van der Waals surface area contributed by atoms with Crippen LogP contribution in [0.5, 0.6) is 17.2 Å². The molecule has 0 amide bonds. The maximum Gasteiger partial charge on any atom is 0.168 e. The summed E-state index contributed by atoms with van der Waals surface area (Å²) in [6.45, 7) is 1.39. The molecule has 10 unspecified atom stereocenters. The third-order valence-corrected chi connectivity index (χ3v) is 20.5. The van der Waals surface area contributed by atoms with Gasteiger partial charge in [0.1, 0.15) is 17.8 Å². The summed E-state index contributed by atoms with van der Waals surface area (Å²) < 4.78 is 13.5. The lowest BCUT2D eigenvalue weighted by atomic mass is 9.65. The number of ether oxygens (including phenoxy) is 2. The van der Waals surface area contributed by atoms with Crippen LogP contribution in [0.1, 0.15) is 168 Å². The van der Waals surface area contributed by atoms with Gasteiger partial charge in [-0.15, -0.1) is 0 Å². The Bertz CT molecular complexity index is 2640. The second-order valence-corrected chi connectivity index (χ2v) is 24.7. The van der Waals surface area contributed by atoms with Crippen molar-refractivity contribution in [3.8, 4) is 28.4 Å². The number of rotatable bonds is 9. The molecule has 4 aromatic carbocycles. The number of benzene rings is 4. The van der Waals surface area contributed by atoms with Gasteiger partial charge < -0.3 is 45.4 Å². The second kappa shape index (κ2) is 22.2. The number of aromatic hydroxyl groups is 2. The van der Waals surface area contributed by atoms with E-state index in [1.807, 2.05) is 30.3 Å². The highest BCUT2D eigenvalue weighted by Crippen LogP contribution is 2.55. The van der Waals surface area contributed by atoms with Crippen LogP contribution in [0.25, 0.3) is 21.9 Å². The summed E-state index contributed by atoms with van der Waals surface area (Å²) in [5.74, 6) is 0.950. The summed E-state index contributed by atoms with van der Waals surface area (Å²) in [6, 6.07) is 14.5. The van der Waals surface area contributed by atoms with E-state index in [2.05, 4.69) is 10.6 Å². The molecular formula is C58H74N2O10S2. The fourth-order valence-electron chi connectivity index (χ4n) is 13.8. The summed E-state index contributed by atoms with van der Waals surface area (Å²) in [4.78, 5) is 27.8. The molecule has 0 aromatic heterocycles. The molecule has 7 aliphatic rings. The van der Waals surface area contributed by atoms with Crippen LogP contribution in [-0.2, 0) is 33.1 Å². The zero-order valence-corrected chi connectivity index (χ0v) is 43.5. The van der Waals surface area contributed by atoms with Gasteiger partial charge in [0, 0.05) is 53.3 Å². The largest absolute Gasteiger partial charge is 0.508 e. The van der Waals surface area contributed by atoms with Crippen molar-refractivity contribution in [2.75, 3.05) is 19.0 Å². The molecule has 2 fully saturated rings. The highest BCUT2D eigenvalue weighted by Gasteiger charge is 2.45. The molecule has 3 aliphatic carbocycles. The van der Waals surface area contributed by atoms with Crippen LogP contribution in [-0.4, -0.2) is 91.1 Å². The van der Waals surface area contributed by atoms with E-state index in [0.29, 0.717) is 54.7 Å². The Morgan fingerprint density at radius 1 is 0.917 bits per heavy atom. The second-order valence-electron chi connectivity index (χ2n) is 22.1. The zero-order valence-electron chi connectivity index (χ0n) is 41.9. The van der Waals surface area contributed by atoms with Crippen LogP contribution in [0, 0.1) is 11.8 Å². The normalized spacial score (nSPS) is 29.7. The number of aryl methyl sites for hydroxylation is 1. The first-order chi connectivity index (χ1) is 34.8. The van der Waals surface area contributed by atoms with Crippen LogP contribution >= 0.6 is 21.6 Å². The molecule has 4 aromatic rings. The number of ketones is 2. The summed E-state index contributed by atoms with van der Waals surface area (Å²) >= 11 is 0. The monoisotopic (exact) mass is 1020 g/mol. The van der Waals surface area contributed by atoms with Crippen molar-refractivity contribution in [2.45, 2.75) is 188 Å². The lowest BCUT2D eigenvalue weighted by Crippen LogP contribution is -2.45. The Balaban J connectivity index is 1.05. The van der Waals surface area contributed by atoms with E-state index in [0.717, 1.165) is 120 Å². The molecule has 0 radical (unpaired) electrons. The number of carbonyl (C=O) groups excluding carboxylic acids is 2. The number of Topliss-reactive ketones (excluding diaryl/α,β-unsaturated/α-hetero) is 2. The van der Waals surface area contributed by atoms with Crippen LogP contribution < -0.4 is 15.4 Å². The van der Waals surface area contributed by atoms with Gasteiger partial charge in [-0.25, -0.2) is 0 Å². The predicted octanol–water partition coefficient (Wildman–Crippen LogP) is 10.4. The third kappa shape index (κ3) is 10.5. The number of fused-ring (bicyclic) bond motifs is 9. The molecular weight excluding hydrogens is 949 g/mol. The highest BCUT2D eigenvalue weighted by molar-refractivity contribution is 8.76. The maximum atomic E-state index is 14.8. The topological polar surface area (TPSA) is 198 Å². The van der Waals surface area contributed by atoms with Gasteiger partial charge in [-0.3, -0.25) is 14.9 Å². The number of nitrogens with one attached hydrogen (secondary N) is 2. The van der Waals surface area contributed by atoms with Gasteiger partial charge in [0.05, 0.1) is 37.6 Å². The van der Waals surface area contributed by atoms with Gasteiger partial charge in [-0.05, 0) is 182 Å². The first kappa shape index (κ1) is 51.6. The van der Waals surface area contributed by atoms with Crippen molar-refractivity contribution in [2.24, 2.45) is 11.8 Å². The van der Waals surface area contributed by atoms with Crippen molar-refractivity contribution < 1.29 is 49.7 Å². The number of hydrogen-bond acceptors (Lipinski definition) is 14. The van der Waals surface area contributed by atoms with Crippen molar-refractivity contribution in [3.63, 3.8) is 0 Å². The van der Waals surface area contributed by atoms with E-state index in [9.17, 15) is 40.2 Å². The standard InChI is InChI=1S/C58H74N2O10S2/c1-32(63)47-17-9-36-24-37(29-61)42-16-12-39(20-23-58(68)21-4-3-5-22-58)59-57(45-25-38(30-62)55(60-47)53(36)54(42)45)70-50-28-41(65)14-7-34-10-18-48(66)56(69-2)52(34)43-15-8-33-6-13-40(64)27-44(33)46(43)31-71-72-51-19-11-35(50)26-49(51)67/h6,8,10,13,15,18,25,27,35-37,39,42,47,49-51,57,59-62,64,66-68H,3-5,7,9,11-12,14,16-17,19-24,26,28-31H2,1-2H3. The summed E-state index contributed by atoms with van der Waals surface area (Å²) in [6.07, 6.45) is 10.6. The number of anilines is 1. The molecule has 11 rings (SSSR count). The van der Waals surface area contributed by atoms with E-state index < -0.39 is 24.0 Å². The minimum absolute atomic E-state index is 0.00859. The number of phenolic OH excluding ortho intramolecular Hbond substituents is 2. The Morgan fingerprint density at radius 3 is 2.50 bits per heavy atom. The van der Waals surface area contributed by atoms with Gasteiger partial charge in [-0.2, -0.15) is 0 Å². The van der Waals surface area contributed by atoms with Crippen LogP contribution in [0.15, 0.2) is 48.5 Å². The lowest BCUT2D eigenvalue weighted by Gasteiger charge is -2.45. The van der Waals surface area contributed by atoms with Crippen LogP contribution in [0.2, 0.25) is 0 Å². The van der Waals surface area contributed by atoms with Gasteiger partial charge in [-0.1, -0.05) is 65.1 Å². The van der Waals surface area contributed by atoms with Crippen molar-refractivity contribution in [3.05, 3.63) is 81.9 Å². The van der Waals surface area contributed by atoms with Crippen LogP contribution in [0.3, 0.4) is 0 Å². The molecule has 72 heavy (non-hydrogen) atoms. The highest BCUT2D eigenvalue weighted by atomic mass is 33.1. The number of methoxy groups -OCH3 is 1. The lowest BCUT2D eigenvalue weighted by molar-refractivity contribution is -0.129. The first-order valence-electron chi connectivity index (χ1n) is 26.8. The molecule has 12 nitrogen and oxygen atoms in total. The average Bonchev–Trinajstić information content (AvgIpc) is 3.56. The first-order valence-corrected chi connectivity index (χ1v) is 29.2. The van der Waals surface area contributed by atoms with Gasteiger partial charge in [0.25, 0.3) is 0 Å². The molecule has 8 N–H and O–H groups in total. The van der Waals surface area contributed by atoms with Gasteiger partial charge in [0.2, 0.25) is 0 Å². The number of aliphatic hydroxyl groups excluding tert-OH is 3. The average molecular weight is 1020 g/mol. The molecule has 388 valence electrons. The molecule has 10 atom stereocenters. The van der Waals surface area contributed by atoms with E-state index in [1.165, 1.54) is 7.11 Å². The Hall–Kier alpha value is -3.86. The third-order valence-electron chi connectivity index (χ3n) is 17.7. The number of phenols is 2. The van der Waals surface area contributed by atoms with Crippen molar-refractivity contribution >= 4 is 49.6 Å².